The van der Waals surface area contributed by atoms with Gasteiger partial charge < -0.3 is 9.84 Å². The van der Waals surface area contributed by atoms with E-state index in [0.717, 1.165) is 5.69 Å². The van der Waals surface area contributed by atoms with Crippen molar-refractivity contribution in [3.8, 4) is 0 Å². The van der Waals surface area contributed by atoms with Crippen molar-refractivity contribution in [1.29, 1.82) is 0 Å². The Bertz CT molecular complexity index is 1300. The van der Waals surface area contributed by atoms with Crippen LogP contribution in [0.2, 0.25) is 0 Å². The van der Waals surface area contributed by atoms with Gasteiger partial charge in [-0.05, 0) is 31.5 Å². The third kappa shape index (κ3) is 4.11. The lowest BCUT2D eigenvalue weighted by atomic mass is 10.0. The molecule has 4 aromatic rings. The van der Waals surface area contributed by atoms with Crippen LogP contribution in [0, 0.1) is 19.7 Å². The number of nitrogens with zero attached hydrogens (tertiary/aromatic N) is 3. The number of aromatic nitrogens is 4. The number of aryl methyl sites for hydroxylation is 3. The second kappa shape index (κ2) is 8.17. The van der Waals surface area contributed by atoms with Crippen molar-refractivity contribution in [1.82, 2.24) is 25.1 Å². The molecule has 0 bridgehead atoms. The summed E-state index contributed by atoms with van der Waals surface area (Å²) < 4.78 is 20.1. The van der Waals surface area contributed by atoms with Crippen molar-refractivity contribution in [2.24, 2.45) is 0 Å². The normalized spacial score (nSPS) is 12.3. The van der Waals surface area contributed by atoms with Gasteiger partial charge in [0.05, 0.1) is 17.4 Å². The molecule has 0 fully saturated rings. The fourth-order valence-corrected chi connectivity index (χ4v) is 3.60. The molecule has 0 saturated carbocycles. The number of nitrogens with one attached hydrogen (secondary N) is 2. The highest BCUT2D eigenvalue weighted by molar-refractivity contribution is 5.96. The third-order valence-corrected chi connectivity index (χ3v) is 5.10. The molecular formula is C22H22FN5O3. The molecule has 0 radical (unpaired) electrons. The van der Waals surface area contributed by atoms with Crippen molar-refractivity contribution in [3.05, 3.63) is 86.5 Å². The number of rotatable bonds is 6. The van der Waals surface area contributed by atoms with Crippen LogP contribution in [0.4, 0.5) is 4.39 Å². The minimum absolute atomic E-state index is 0.249. The predicted molar refractivity (Wildman–Crippen MR) is 111 cm³/mol. The number of aromatic amines is 1. The molecule has 3 aromatic heterocycles. The first-order valence-corrected chi connectivity index (χ1v) is 9.95. The number of fused-ring (bicyclic) bond motifs is 1. The summed E-state index contributed by atoms with van der Waals surface area (Å²) in [7, 11) is 0. The Morgan fingerprint density at radius 3 is 2.71 bits per heavy atom. The van der Waals surface area contributed by atoms with Crippen molar-refractivity contribution in [2.75, 3.05) is 0 Å². The smallest absolute Gasteiger partial charge is 0.272 e. The second-order valence-corrected chi connectivity index (χ2v) is 7.42. The first-order chi connectivity index (χ1) is 14.9. The zero-order chi connectivity index (χ0) is 22.1. The molecule has 4 rings (SSSR count). The monoisotopic (exact) mass is 423 g/mol. The molecular weight excluding hydrogens is 401 g/mol. The molecule has 3 heterocycles. The molecule has 9 heteroatoms. The van der Waals surface area contributed by atoms with Gasteiger partial charge in [0.25, 0.3) is 11.5 Å². The van der Waals surface area contributed by atoms with Crippen LogP contribution in [-0.2, 0) is 12.8 Å². The highest BCUT2D eigenvalue weighted by Crippen LogP contribution is 2.21. The minimum atomic E-state index is -0.540. The molecule has 31 heavy (non-hydrogen) atoms. The lowest BCUT2D eigenvalue weighted by molar-refractivity contribution is 0.0934. The SMILES string of the molecule is CCc1onc(C)c1C(=O)N[C@H](Cc1cc(=O)n2[nH]c(C)cc2n1)c1ccc(F)cc1. The van der Waals surface area contributed by atoms with Crippen LogP contribution >= 0.6 is 0 Å². The van der Waals surface area contributed by atoms with E-state index < -0.39 is 6.04 Å². The minimum Gasteiger partial charge on any atom is -0.360 e. The molecule has 160 valence electrons. The van der Waals surface area contributed by atoms with Crippen molar-refractivity contribution < 1.29 is 13.7 Å². The second-order valence-electron chi connectivity index (χ2n) is 7.42. The molecule has 0 saturated heterocycles. The van der Waals surface area contributed by atoms with Crippen LogP contribution in [0.25, 0.3) is 5.65 Å². The first-order valence-electron chi connectivity index (χ1n) is 9.95. The van der Waals surface area contributed by atoms with E-state index in [1.54, 1.807) is 25.1 Å². The maximum absolute atomic E-state index is 13.5. The van der Waals surface area contributed by atoms with E-state index in [4.69, 9.17) is 4.52 Å². The van der Waals surface area contributed by atoms with Gasteiger partial charge in [0.15, 0.2) is 5.65 Å². The van der Waals surface area contributed by atoms with E-state index >= 15 is 0 Å². The largest absolute Gasteiger partial charge is 0.360 e. The van der Waals surface area contributed by atoms with E-state index in [1.807, 2.05) is 13.8 Å². The van der Waals surface area contributed by atoms with E-state index in [9.17, 15) is 14.0 Å². The maximum atomic E-state index is 13.5. The van der Waals surface area contributed by atoms with Crippen molar-refractivity contribution >= 4 is 11.6 Å². The average molecular weight is 423 g/mol. The van der Waals surface area contributed by atoms with E-state index in [1.165, 1.54) is 22.7 Å². The number of H-pyrrole nitrogens is 1. The van der Waals surface area contributed by atoms with Gasteiger partial charge in [-0.15, -0.1) is 0 Å². The Morgan fingerprint density at radius 2 is 2.00 bits per heavy atom. The fraction of sp³-hybridized carbons (Fsp3) is 0.273. The Kier molecular flexibility index (Phi) is 5.41. The summed E-state index contributed by atoms with van der Waals surface area (Å²) in [6, 6.07) is 8.52. The molecule has 0 aliphatic rings. The molecule has 0 aliphatic carbocycles. The summed E-state index contributed by atoms with van der Waals surface area (Å²) >= 11 is 0. The standard InChI is InChI=1S/C22H22FN5O3/c1-4-18-21(13(3)27-31-18)22(30)25-17(14-5-7-15(23)8-6-14)10-16-11-20(29)28-19(24-16)9-12(2)26-28/h5-9,11,17,26H,4,10H2,1-3H3,(H,25,30)/t17-/m1/s1. The molecule has 0 aliphatic heterocycles. The van der Waals surface area contributed by atoms with E-state index in [-0.39, 0.29) is 23.7 Å². The van der Waals surface area contributed by atoms with Crippen LogP contribution in [0.5, 0.6) is 0 Å². The van der Waals surface area contributed by atoms with Crippen molar-refractivity contribution in [2.45, 2.75) is 39.7 Å². The zero-order valence-electron chi connectivity index (χ0n) is 17.4. The molecule has 1 amide bonds. The van der Waals surface area contributed by atoms with Crippen LogP contribution in [-0.4, -0.2) is 25.7 Å². The number of halogens is 1. The highest BCUT2D eigenvalue weighted by Gasteiger charge is 2.24. The number of amides is 1. The summed E-state index contributed by atoms with van der Waals surface area (Å²) in [5.74, 6) is -0.230. The van der Waals surface area contributed by atoms with E-state index in [0.29, 0.717) is 40.3 Å². The van der Waals surface area contributed by atoms with Gasteiger partial charge >= 0.3 is 0 Å². The molecule has 0 unspecified atom stereocenters. The fourth-order valence-electron chi connectivity index (χ4n) is 3.60. The summed E-state index contributed by atoms with van der Waals surface area (Å²) in [6.07, 6.45) is 0.770. The van der Waals surface area contributed by atoms with Crippen LogP contribution in [0.1, 0.15) is 51.7 Å². The zero-order valence-corrected chi connectivity index (χ0v) is 17.4. The van der Waals surface area contributed by atoms with E-state index in [2.05, 4.69) is 20.6 Å². The maximum Gasteiger partial charge on any atom is 0.272 e. The van der Waals surface area contributed by atoms with Crippen molar-refractivity contribution in [3.63, 3.8) is 0 Å². The predicted octanol–water partition coefficient (Wildman–Crippen LogP) is 3.04. The summed E-state index contributed by atoms with van der Waals surface area (Å²) in [4.78, 5) is 30.0. The van der Waals surface area contributed by atoms with Crippen LogP contribution < -0.4 is 10.9 Å². The van der Waals surface area contributed by atoms with Gasteiger partial charge in [-0.3, -0.25) is 14.7 Å². The molecule has 2 N–H and O–H groups in total. The topological polar surface area (TPSA) is 105 Å². The Morgan fingerprint density at radius 1 is 1.26 bits per heavy atom. The summed E-state index contributed by atoms with van der Waals surface area (Å²) in [6.45, 7) is 5.41. The van der Waals surface area contributed by atoms with Crippen LogP contribution in [0.3, 0.4) is 0 Å². The molecule has 1 aromatic carbocycles. The van der Waals surface area contributed by atoms with Gasteiger partial charge in [0.1, 0.15) is 17.1 Å². The van der Waals surface area contributed by atoms with Gasteiger partial charge in [-0.2, -0.15) is 0 Å². The Labute approximate surface area is 177 Å². The first kappa shape index (κ1) is 20.5. The average Bonchev–Trinajstić information content (AvgIpc) is 3.30. The number of hydrogen-bond donors (Lipinski definition) is 2. The number of benzene rings is 1. The highest BCUT2D eigenvalue weighted by atomic mass is 19.1. The Hall–Kier alpha value is -3.75. The van der Waals surface area contributed by atoms with Gasteiger partial charge in [-0.25, -0.2) is 13.9 Å². The number of carbonyl (C=O) groups is 1. The molecule has 1 atom stereocenters. The molecule has 8 nitrogen and oxygen atoms in total. The number of hydrogen-bond acceptors (Lipinski definition) is 5. The molecule has 0 spiro atoms. The lowest BCUT2D eigenvalue weighted by Gasteiger charge is -2.19. The summed E-state index contributed by atoms with van der Waals surface area (Å²) in [5, 5.41) is 9.79. The van der Waals surface area contributed by atoms with Gasteiger partial charge in [-0.1, -0.05) is 24.2 Å². The number of carbonyl (C=O) groups excluding carboxylic acids is 1. The summed E-state index contributed by atoms with van der Waals surface area (Å²) in [5.41, 5.74) is 3.13. The third-order valence-electron chi connectivity index (χ3n) is 5.10. The lowest BCUT2D eigenvalue weighted by Crippen LogP contribution is -2.31. The van der Waals surface area contributed by atoms with Gasteiger partial charge in [0, 0.05) is 30.7 Å². The quantitative estimate of drug-likeness (QED) is 0.496. The Balaban J connectivity index is 1.69. The van der Waals surface area contributed by atoms with Crippen LogP contribution in [0.15, 0.2) is 45.7 Å². The van der Waals surface area contributed by atoms with Gasteiger partial charge in [0.2, 0.25) is 0 Å².